The Labute approximate surface area is 127 Å². The fourth-order valence-corrected chi connectivity index (χ4v) is 2.67. The van der Waals surface area contributed by atoms with Gasteiger partial charge in [-0.05, 0) is 39.2 Å². The van der Waals surface area contributed by atoms with Gasteiger partial charge in [0.05, 0.1) is 5.52 Å². The van der Waals surface area contributed by atoms with Crippen LogP contribution in [0.15, 0.2) is 59.1 Å². The maximum atomic E-state index is 13.1. The summed E-state index contributed by atoms with van der Waals surface area (Å²) in [5.74, 6) is 0. The number of pyridine rings is 1. The first-order valence-electron chi connectivity index (χ1n) is 6.19. The molecule has 0 unspecified atom stereocenters. The number of hydrogen-bond donors (Lipinski definition) is 0. The van der Waals surface area contributed by atoms with Gasteiger partial charge in [-0.1, -0.05) is 42.5 Å². The minimum atomic E-state index is -4.48. The predicted molar refractivity (Wildman–Crippen MR) is 79.9 cm³/mol. The van der Waals surface area contributed by atoms with Gasteiger partial charge in [0.15, 0.2) is 0 Å². The molecule has 3 rings (SSSR count). The van der Waals surface area contributed by atoms with Crippen molar-refractivity contribution in [3.8, 4) is 11.1 Å². The molecular weight excluding hydrogens is 343 g/mol. The Bertz CT molecular complexity index is 798. The molecule has 0 aliphatic rings. The summed E-state index contributed by atoms with van der Waals surface area (Å²) in [6.07, 6.45) is -4.48. The van der Waals surface area contributed by atoms with E-state index in [-0.39, 0.29) is 0 Å². The van der Waals surface area contributed by atoms with E-state index in [9.17, 15) is 13.2 Å². The van der Waals surface area contributed by atoms with Crippen molar-refractivity contribution in [2.45, 2.75) is 6.18 Å². The highest BCUT2D eigenvalue weighted by atomic mass is 79.9. The molecule has 1 aromatic heterocycles. The van der Waals surface area contributed by atoms with Gasteiger partial charge in [0, 0.05) is 9.86 Å². The van der Waals surface area contributed by atoms with E-state index in [0.29, 0.717) is 20.9 Å². The highest BCUT2D eigenvalue weighted by Crippen LogP contribution is 2.37. The van der Waals surface area contributed by atoms with E-state index in [1.807, 2.05) is 6.07 Å². The van der Waals surface area contributed by atoms with Crippen LogP contribution in [0.2, 0.25) is 0 Å². The maximum Gasteiger partial charge on any atom is 0.433 e. The Morgan fingerprint density at radius 1 is 0.905 bits per heavy atom. The van der Waals surface area contributed by atoms with Gasteiger partial charge in [0.1, 0.15) is 5.69 Å². The third kappa shape index (κ3) is 2.65. The SMILES string of the molecule is FC(F)(F)c1cc(-c2ccccc2)c2cccc(Br)c2n1. The smallest absolute Gasteiger partial charge is 0.242 e. The van der Waals surface area contributed by atoms with Gasteiger partial charge in [0.25, 0.3) is 0 Å². The van der Waals surface area contributed by atoms with Crippen LogP contribution >= 0.6 is 15.9 Å². The zero-order chi connectivity index (χ0) is 15.0. The van der Waals surface area contributed by atoms with Crippen molar-refractivity contribution < 1.29 is 13.2 Å². The van der Waals surface area contributed by atoms with E-state index in [1.165, 1.54) is 0 Å². The number of aromatic nitrogens is 1. The lowest BCUT2D eigenvalue weighted by Crippen LogP contribution is -2.08. The van der Waals surface area contributed by atoms with E-state index in [4.69, 9.17) is 0 Å². The molecule has 1 heterocycles. The summed E-state index contributed by atoms with van der Waals surface area (Å²) in [5.41, 5.74) is 0.676. The molecule has 0 saturated carbocycles. The van der Waals surface area contributed by atoms with Crippen molar-refractivity contribution >= 4 is 26.8 Å². The molecule has 0 bridgehead atoms. The molecule has 0 spiro atoms. The molecule has 0 atom stereocenters. The Morgan fingerprint density at radius 2 is 1.62 bits per heavy atom. The van der Waals surface area contributed by atoms with Crippen LogP contribution in [0.4, 0.5) is 13.2 Å². The van der Waals surface area contributed by atoms with Crippen molar-refractivity contribution in [1.82, 2.24) is 4.98 Å². The molecule has 3 aromatic rings. The molecule has 0 N–H and O–H groups in total. The van der Waals surface area contributed by atoms with Gasteiger partial charge in [-0.2, -0.15) is 13.2 Å². The maximum absolute atomic E-state index is 13.1. The molecule has 106 valence electrons. The van der Waals surface area contributed by atoms with E-state index in [0.717, 1.165) is 11.6 Å². The van der Waals surface area contributed by atoms with Gasteiger partial charge >= 0.3 is 6.18 Å². The fourth-order valence-electron chi connectivity index (χ4n) is 2.22. The number of para-hydroxylation sites is 1. The zero-order valence-electron chi connectivity index (χ0n) is 10.7. The third-order valence-electron chi connectivity index (χ3n) is 3.17. The number of benzene rings is 2. The van der Waals surface area contributed by atoms with Crippen molar-refractivity contribution in [1.29, 1.82) is 0 Å². The third-order valence-corrected chi connectivity index (χ3v) is 3.81. The van der Waals surface area contributed by atoms with Crippen LogP contribution in [-0.4, -0.2) is 4.98 Å². The van der Waals surface area contributed by atoms with Crippen molar-refractivity contribution in [2.24, 2.45) is 0 Å². The molecule has 0 aliphatic heterocycles. The Hall–Kier alpha value is -1.88. The minimum Gasteiger partial charge on any atom is -0.242 e. The molecule has 1 nitrogen and oxygen atoms in total. The van der Waals surface area contributed by atoms with Crippen LogP contribution in [0.5, 0.6) is 0 Å². The second-order valence-corrected chi connectivity index (χ2v) is 5.41. The van der Waals surface area contributed by atoms with Crippen LogP contribution in [0.3, 0.4) is 0 Å². The zero-order valence-corrected chi connectivity index (χ0v) is 12.2. The number of halogens is 4. The minimum absolute atomic E-state index is 0.311. The van der Waals surface area contributed by atoms with Gasteiger partial charge in [-0.25, -0.2) is 4.98 Å². The van der Waals surface area contributed by atoms with E-state index in [2.05, 4.69) is 20.9 Å². The van der Waals surface area contributed by atoms with Crippen molar-refractivity contribution in [2.75, 3.05) is 0 Å². The lowest BCUT2D eigenvalue weighted by molar-refractivity contribution is -0.140. The van der Waals surface area contributed by atoms with Crippen LogP contribution in [0, 0.1) is 0 Å². The fraction of sp³-hybridized carbons (Fsp3) is 0.0625. The van der Waals surface area contributed by atoms with E-state index >= 15 is 0 Å². The highest BCUT2D eigenvalue weighted by Gasteiger charge is 2.33. The van der Waals surface area contributed by atoms with Crippen LogP contribution in [0.1, 0.15) is 5.69 Å². The average Bonchev–Trinajstić information content (AvgIpc) is 2.47. The Morgan fingerprint density at radius 3 is 2.29 bits per heavy atom. The van der Waals surface area contributed by atoms with Gasteiger partial charge in [-0.15, -0.1) is 0 Å². The summed E-state index contributed by atoms with van der Waals surface area (Å²) < 4.78 is 39.7. The Balaban J connectivity index is 2.39. The first-order valence-corrected chi connectivity index (χ1v) is 6.98. The first-order chi connectivity index (χ1) is 9.97. The predicted octanol–water partition coefficient (Wildman–Crippen LogP) is 5.68. The molecule has 0 radical (unpaired) electrons. The van der Waals surface area contributed by atoms with Crippen molar-refractivity contribution in [3.63, 3.8) is 0 Å². The number of rotatable bonds is 1. The molecule has 0 fully saturated rings. The number of alkyl halides is 3. The van der Waals surface area contributed by atoms with Crippen LogP contribution < -0.4 is 0 Å². The van der Waals surface area contributed by atoms with Gasteiger partial charge < -0.3 is 0 Å². The summed E-state index contributed by atoms with van der Waals surface area (Å²) >= 11 is 3.27. The molecule has 0 saturated heterocycles. The number of nitrogens with zero attached hydrogens (tertiary/aromatic N) is 1. The molecule has 2 aromatic carbocycles. The lowest BCUT2D eigenvalue weighted by atomic mass is 10.00. The number of hydrogen-bond acceptors (Lipinski definition) is 1. The summed E-state index contributed by atoms with van der Waals surface area (Å²) in [6.45, 7) is 0. The second-order valence-electron chi connectivity index (χ2n) is 4.55. The second kappa shape index (κ2) is 5.15. The highest BCUT2D eigenvalue weighted by molar-refractivity contribution is 9.10. The average molecular weight is 352 g/mol. The monoisotopic (exact) mass is 351 g/mol. The Kier molecular flexibility index (Phi) is 3.45. The largest absolute Gasteiger partial charge is 0.433 e. The van der Waals surface area contributed by atoms with E-state index < -0.39 is 11.9 Å². The summed E-state index contributed by atoms with van der Waals surface area (Å²) in [7, 11) is 0. The lowest BCUT2D eigenvalue weighted by Gasteiger charge is -2.12. The molecule has 21 heavy (non-hydrogen) atoms. The number of fused-ring (bicyclic) bond motifs is 1. The summed E-state index contributed by atoms with van der Waals surface area (Å²) in [5, 5.41) is 0.684. The van der Waals surface area contributed by atoms with Gasteiger partial charge in [0.2, 0.25) is 0 Å². The van der Waals surface area contributed by atoms with Crippen LogP contribution in [0.25, 0.3) is 22.0 Å². The first kappa shape index (κ1) is 14.1. The topological polar surface area (TPSA) is 12.9 Å². The van der Waals surface area contributed by atoms with Gasteiger partial charge in [-0.3, -0.25) is 0 Å². The quantitative estimate of drug-likeness (QED) is 0.549. The van der Waals surface area contributed by atoms with E-state index in [1.54, 1.807) is 42.5 Å². The summed E-state index contributed by atoms with van der Waals surface area (Å²) in [6, 6.07) is 15.3. The van der Waals surface area contributed by atoms with Crippen molar-refractivity contribution in [3.05, 3.63) is 64.8 Å². The molecular formula is C16H9BrF3N. The normalized spacial score (nSPS) is 11.8. The molecule has 0 aliphatic carbocycles. The molecule has 5 heteroatoms. The van der Waals surface area contributed by atoms with Crippen LogP contribution in [-0.2, 0) is 6.18 Å². The summed E-state index contributed by atoms with van der Waals surface area (Å²) in [4.78, 5) is 3.76. The molecule has 0 amide bonds. The standard InChI is InChI=1S/C16H9BrF3N/c17-13-8-4-7-11-12(10-5-2-1-3-6-10)9-14(16(18,19)20)21-15(11)13/h1-9H.